The molecule has 0 saturated carbocycles. The van der Waals surface area contributed by atoms with E-state index in [0.717, 1.165) is 11.1 Å². The number of methoxy groups -OCH3 is 1. The van der Waals surface area contributed by atoms with Gasteiger partial charge < -0.3 is 15.4 Å². The van der Waals surface area contributed by atoms with Crippen molar-refractivity contribution in [3.8, 4) is 16.9 Å². The molecule has 3 rings (SSSR count). The van der Waals surface area contributed by atoms with Gasteiger partial charge in [-0.3, -0.25) is 9.48 Å². The number of anilines is 2. The first kappa shape index (κ1) is 14.1. The minimum atomic E-state index is -2.63. The minimum absolute atomic E-state index is 0.0272. The summed E-state index contributed by atoms with van der Waals surface area (Å²) in [6, 6.07) is 6.89. The number of ether oxygens (including phenoxy) is 1. The third kappa shape index (κ3) is 3.48. The van der Waals surface area contributed by atoms with Gasteiger partial charge in [0.05, 0.1) is 30.2 Å². The van der Waals surface area contributed by atoms with E-state index in [1.54, 1.807) is 16.9 Å². The highest BCUT2D eigenvalue weighted by Crippen LogP contribution is 2.38. The van der Waals surface area contributed by atoms with Gasteiger partial charge in [0.25, 0.3) is 5.91 Å². The fourth-order valence-electron chi connectivity index (χ4n) is 2.57. The van der Waals surface area contributed by atoms with Crippen molar-refractivity contribution in [2.45, 2.75) is 0 Å². The zero-order chi connectivity index (χ0) is 21.2. The van der Waals surface area contributed by atoms with Crippen molar-refractivity contribution in [1.29, 1.82) is 0 Å². The van der Waals surface area contributed by atoms with Crippen molar-refractivity contribution < 1.29 is 13.6 Å². The van der Waals surface area contributed by atoms with Crippen LogP contribution in [0.15, 0.2) is 42.9 Å². The molecular weight excluding hydrogens is 354 g/mol. The van der Waals surface area contributed by atoms with Crippen molar-refractivity contribution in [3.05, 3.63) is 53.6 Å². The van der Waals surface area contributed by atoms with Crippen LogP contribution in [-0.2, 0) is 7.05 Å². The number of pyridine rings is 1. The Morgan fingerprint density at radius 3 is 2.88 bits per heavy atom. The lowest BCUT2D eigenvalue weighted by molar-refractivity contribution is 0.0963. The quantitative estimate of drug-likeness (QED) is 0.670. The first-order valence-electron chi connectivity index (χ1n) is 9.09. The Bertz CT molecular complexity index is 1050. The molecule has 1 amide bonds. The lowest BCUT2D eigenvalue weighted by atomic mass is 10.1. The topological polar surface area (TPSA) is 81.1 Å². The smallest absolute Gasteiger partial charge is 0.254 e. The molecule has 0 bridgehead atoms. The molecule has 0 unspecified atom stereocenters. The second-order valence-corrected chi connectivity index (χ2v) is 5.81. The van der Waals surface area contributed by atoms with Crippen LogP contribution in [0.3, 0.4) is 0 Å². The van der Waals surface area contributed by atoms with Gasteiger partial charge in [0, 0.05) is 41.7 Å². The summed E-state index contributed by atoms with van der Waals surface area (Å²) < 4.78 is 29.0. The predicted molar refractivity (Wildman–Crippen MR) is 101 cm³/mol. The molecule has 134 valence electrons. The highest BCUT2D eigenvalue weighted by molar-refractivity contribution is 6.29. The van der Waals surface area contributed by atoms with Crippen molar-refractivity contribution >= 4 is 28.9 Å². The molecule has 2 N–H and O–H groups in total. The molecule has 0 saturated heterocycles. The first-order valence-corrected chi connectivity index (χ1v) is 7.97. The molecule has 0 aliphatic carbocycles. The van der Waals surface area contributed by atoms with E-state index in [0.29, 0.717) is 11.4 Å². The zero-order valence-electron chi connectivity index (χ0n) is 17.1. The number of carbonyl (C=O) groups excluding carboxylic acids is 1. The fraction of sp³-hybridized carbons (Fsp3) is 0.167. The Hall–Kier alpha value is -3.06. The predicted octanol–water partition coefficient (Wildman–Crippen LogP) is 3.25. The van der Waals surface area contributed by atoms with Crippen LogP contribution in [0, 0.1) is 0 Å². The van der Waals surface area contributed by atoms with Crippen molar-refractivity contribution in [2.75, 3.05) is 19.4 Å². The minimum Gasteiger partial charge on any atom is -0.494 e. The zero-order valence-corrected chi connectivity index (χ0v) is 14.8. The molecule has 0 fully saturated rings. The van der Waals surface area contributed by atoms with Gasteiger partial charge in [-0.1, -0.05) is 23.7 Å². The maximum atomic E-state index is 12.4. The van der Waals surface area contributed by atoms with E-state index in [-0.39, 0.29) is 16.4 Å². The summed E-state index contributed by atoms with van der Waals surface area (Å²) in [4.78, 5) is 16.3. The van der Waals surface area contributed by atoms with Crippen LogP contribution in [0.4, 0.5) is 11.4 Å². The van der Waals surface area contributed by atoms with Crippen LogP contribution in [0.25, 0.3) is 11.1 Å². The molecule has 2 aromatic heterocycles. The van der Waals surface area contributed by atoms with Crippen LogP contribution in [0.5, 0.6) is 5.75 Å². The molecule has 1 aromatic carbocycles. The van der Waals surface area contributed by atoms with Gasteiger partial charge >= 0.3 is 0 Å². The molecule has 8 heteroatoms. The van der Waals surface area contributed by atoms with E-state index in [9.17, 15) is 4.79 Å². The summed E-state index contributed by atoms with van der Waals surface area (Å²) >= 11 is 5.99. The molecule has 7 nitrogen and oxygen atoms in total. The maximum absolute atomic E-state index is 12.4. The van der Waals surface area contributed by atoms with E-state index in [4.69, 9.17) is 20.5 Å². The number of amides is 1. The van der Waals surface area contributed by atoms with Crippen molar-refractivity contribution in [3.63, 3.8) is 0 Å². The summed E-state index contributed by atoms with van der Waals surface area (Å²) in [6.07, 6.45) is 4.77. The molecule has 2 heterocycles. The van der Waals surface area contributed by atoms with Gasteiger partial charge in [0.1, 0.15) is 10.9 Å². The third-order valence-corrected chi connectivity index (χ3v) is 3.94. The molecule has 0 atom stereocenters. The average Bonchev–Trinajstić information content (AvgIpc) is 3.06. The Morgan fingerprint density at radius 1 is 1.35 bits per heavy atom. The van der Waals surface area contributed by atoms with Gasteiger partial charge in [0.15, 0.2) is 0 Å². The molecular formula is C18H18ClN5O2. The van der Waals surface area contributed by atoms with Crippen LogP contribution < -0.4 is 15.4 Å². The van der Waals surface area contributed by atoms with Crippen LogP contribution in [0.1, 0.15) is 14.5 Å². The standard InChI is InChI=1S/C18H18ClN5O2/c1-20-18(25)13-9-21-16(19)7-15(13)23-14-6-4-5-12(17(14)26-3)11-8-22-24(2)10-11/h4-10H,1-3H3,(H,20,25)(H,21,23)/i1D3. The molecule has 0 spiro atoms. The van der Waals surface area contributed by atoms with E-state index >= 15 is 0 Å². The molecule has 0 aliphatic heterocycles. The lowest BCUT2D eigenvalue weighted by Crippen LogP contribution is -2.19. The first-order chi connectivity index (χ1) is 13.7. The molecule has 3 aromatic rings. The summed E-state index contributed by atoms with van der Waals surface area (Å²) in [5, 5.41) is 9.35. The Morgan fingerprint density at radius 2 is 2.19 bits per heavy atom. The normalized spacial score (nSPS) is 12.7. The monoisotopic (exact) mass is 374 g/mol. The number of rotatable bonds is 5. The molecule has 26 heavy (non-hydrogen) atoms. The Balaban J connectivity index is 2.02. The summed E-state index contributed by atoms with van der Waals surface area (Å²) in [7, 11) is 3.34. The van der Waals surface area contributed by atoms with Crippen LogP contribution >= 0.6 is 11.6 Å². The van der Waals surface area contributed by atoms with Gasteiger partial charge in [-0.05, 0) is 12.1 Å². The number of nitrogens with zero attached hydrogens (tertiary/aromatic N) is 3. The van der Waals surface area contributed by atoms with Gasteiger partial charge in [-0.15, -0.1) is 0 Å². The van der Waals surface area contributed by atoms with Gasteiger partial charge in [0.2, 0.25) is 0 Å². The number of carbonyl (C=O) groups is 1. The summed E-state index contributed by atoms with van der Waals surface area (Å²) in [5.74, 6) is -0.283. The third-order valence-electron chi connectivity index (χ3n) is 3.73. The van der Waals surface area contributed by atoms with E-state index in [1.807, 2.05) is 30.7 Å². The lowest BCUT2D eigenvalue weighted by Gasteiger charge is -2.16. The van der Waals surface area contributed by atoms with E-state index < -0.39 is 12.9 Å². The Labute approximate surface area is 160 Å². The maximum Gasteiger partial charge on any atom is 0.254 e. The van der Waals surface area contributed by atoms with Gasteiger partial charge in [-0.25, -0.2) is 4.98 Å². The van der Waals surface area contributed by atoms with Crippen molar-refractivity contribution in [2.24, 2.45) is 7.05 Å². The summed E-state index contributed by atoms with van der Waals surface area (Å²) in [6.45, 7) is -2.63. The number of aromatic nitrogens is 3. The van der Waals surface area contributed by atoms with Crippen LogP contribution in [0.2, 0.25) is 5.15 Å². The highest BCUT2D eigenvalue weighted by atomic mass is 35.5. The van der Waals surface area contributed by atoms with E-state index in [2.05, 4.69) is 15.4 Å². The second-order valence-electron chi connectivity index (χ2n) is 5.42. The van der Waals surface area contributed by atoms with E-state index in [1.165, 1.54) is 19.4 Å². The summed E-state index contributed by atoms with van der Waals surface area (Å²) in [5.41, 5.74) is 2.51. The molecule has 0 aliphatic rings. The number of halogens is 1. The number of aryl methyl sites for hydroxylation is 1. The average molecular weight is 375 g/mol. The highest BCUT2D eigenvalue weighted by Gasteiger charge is 2.16. The van der Waals surface area contributed by atoms with Gasteiger partial charge in [-0.2, -0.15) is 5.10 Å². The largest absolute Gasteiger partial charge is 0.494 e. The molecule has 0 radical (unpaired) electrons. The number of nitrogens with one attached hydrogen (secondary N) is 2. The number of para-hydroxylation sites is 1. The fourth-order valence-corrected chi connectivity index (χ4v) is 2.73. The number of hydrogen-bond acceptors (Lipinski definition) is 5. The van der Waals surface area contributed by atoms with Crippen LogP contribution in [-0.4, -0.2) is 34.8 Å². The SMILES string of the molecule is [2H]C([2H])([2H])NC(=O)c1cnc(Cl)cc1Nc1cccc(-c2cnn(C)c2)c1OC. The number of hydrogen-bond donors (Lipinski definition) is 2. The Kier molecular flexibility index (Phi) is 4.05. The van der Waals surface area contributed by atoms with Crippen molar-refractivity contribution in [1.82, 2.24) is 20.1 Å². The second kappa shape index (κ2) is 7.45. The number of benzene rings is 1.